The molecule has 0 spiro atoms. The number of aliphatic imine (C=N–C) groups is 1. The van der Waals surface area contributed by atoms with Crippen molar-refractivity contribution in [3.8, 4) is 0 Å². The highest BCUT2D eigenvalue weighted by Crippen LogP contribution is 2.21. The molecule has 2 rings (SSSR count). The molecule has 1 atom stereocenters. The van der Waals surface area contributed by atoms with Crippen LogP contribution in [0, 0.1) is 5.82 Å². The van der Waals surface area contributed by atoms with Gasteiger partial charge in [0.05, 0.1) is 23.8 Å². The van der Waals surface area contributed by atoms with Gasteiger partial charge in [-0.1, -0.05) is 17.7 Å². The minimum atomic E-state index is -0.423. The van der Waals surface area contributed by atoms with E-state index in [2.05, 4.69) is 15.3 Å². The Morgan fingerprint density at radius 1 is 1.50 bits per heavy atom. The fraction of sp³-hybridized carbons (Fsp3) is 0.444. The third-order valence-corrected chi connectivity index (χ3v) is 5.11. The number of halogens is 2. The van der Waals surface area contributed by atoms with E-state index < -0.39 is 5.82 Å². The monoisotopic (exact) mass is 398 g/mol. The van der Waals surface area contributed by atoms with Gasteiger partial charge in [-0.25, -0.2) is 14.4 Å². The number of hydrogen-bond donors (Lipinski definition) is 1. The number of guanidine groups is 1. The molecule has 0 aliphatic heterocycles. The summed E-state index contributed by atoms with van der Waals surface area (Å²) < 4.78 is 18.6. The number of ether oxygens (including phenoxy) is 1. The van der Waals surface area contributed by atoms with Gasteiger partial charge in [0, 0.05) is 26.1 Å². The second kappa shape index (κ2) is 9.85. The molecule has 1 N–H and O–H groups in total. The SMILES string of the molecule is CCNC(=NCc1ccc(F)c(Cl)c1)N(C)Cc1csc(C(C)OC)n1. The first-order valence-corrected chi connectivity index (χ1v) is 9.60. The van der Waals surface area contributed by atoms with Gasteiger partial charge in [0.15, 0.2) is 5.96 Å². The van der Waals surface area contributed by atoms with Crippen molar-refractivity contribution in [3.05, 3.63) is 50.7 Å². The fourth-order valence-electron chi connectivity index (χ4n) is 2.27. The van der Waals surface area contributed by atoms with E-state index in [1.165, 1.54) is 6.07 Å². The zero-order valence-electron chi connectivity index (χ0n) is 15.4. The van der Waals surface area contributed by atoms with E-state index in [0.29, 0.717) is 13.1 Å². The molecule has 0 amide bonds. The van der Waals surface area contributed by atoms with Crippen LogP contribution in [0.1, 0.15) is 36.2 Å². The van der Waals surface area contributed by atoms with Crippen LogP contribution in [0.5, 0.6) is 0 Å². The molecule has 2 aromatic rings. The van der Waals surface area contributed by atoms with Crippen molar-refractivity contribution in [1.29, 1.82) is 0 Å². The smallest absolute Gasteiger partial charge is 0.194 e. The lowest BCUT2D eigenvalue weighted by Gasteiger charge is -2.21. The van der Waals surface area contributed by atoms with Crippen molar-refractivity contribution in [2.24, 2.45) is 4.99 Å². The van der Waals surface area contributed by atoms with Crippen LogP contribution in [-0.4, -0.2) is 36.5 Å². The van der Waals surface area contributed by atoms with Crippen LogP contribution in [0.2, 0.25) is 5.02 Å². The Morgan fingerprint density at radius 3 is 2.92 bits per heavy atom. The Hall–Kier alpha value is -1.70. The molecule has 1 unspecified atom stereocenters. The lowest BCUT2D eigenvalue weighted by atomic mass is 10.2. The van der Waals surface area contributed by atoms with Crippen LogP contribution in [0.4, 0.5) is 4.39 Å². The highest BCUT2D eigenvalue weighted by Gasteiger charge is 2.12. The summed E-state index contributed by atoms with van der Waals surface area (Å²) >= 11 is 7.42. The van der Waals surface area contributed by atoms with Gasteiger partial charge >= 0.3 is 0 Å². The molecule has 5 nitrogen and oxygen atoms in total. The Balaban J connectivity index is 2.06. The predicted molar refractivity (Wildman–Crippen MR) is 105 cm³/mol. The molecule has 0 saturated carbocycles. The number of methoxy groups -OCH3 is 1. The van der Waals surface area contributed by atoms with Gasteiger partial charge in [0.25, 0.3) is 0 Å². The average Bonchev–Trinajstić information content (AvgIpc) is 3.09. The molecule has 26 heavy (non-hydrogen) atoms. The molecule has 0 radical (unpaired) electrons. The molecule has 0 saturated heterocycles. The molecule has 1 aromatic heterocycles. The molecule has 0 fully saturated rings. The van der Waals surface area contributed by atoms with E-state index in [9.17, 15) is 4.39 Å². The van der Waals surface area contributed by atoms with Crippen molar-refractivity contribution in [2.75, 3.05) is 20.7 Å². The Morgan fingerprint density at radius 2 is 2.27 bits per heavy atom. The van der Waals surface area contributed by atoms with Crippen LogP contribution in [-0.2, 0) is 17.8 Å². The van der Waals surface area contributed by atoms with Gasteiger partial charge in [-0.2, -0.15) is 0 Å². The molecule has 0 aliphatic rings. The van der Waals surface area contributed by atoms with Crippen molar-refractivity contribution in [2.45, 2.75) is 33.0 Å². The van der Waals surface area contributed by atoms with Crippen LogP contribution in [0.3, 0.4) is 0 Å². The minimum absolute atomic E-state index is 0.0100. The van der Waals surface area contributed by atoms with Crippen LogP contribution in [0.25, 0.3) is 0 Å². The molecular weight excluding hydrogens is 375 g/mol. The first kappa shape index (κ1) is 20.6. The molecule has 1 aromatic carbocycles. The topological polar surface area (TPSA) is 49.8 Å². The maximum absolute atomic E-state index is 13.3. The molecule has 142 valence electrons. The minimum Gasteiger partial charge on any atom is -0.375 e. The van der Waals surface area contributed by atoms with Gasteiger partial charge in [0.1, 0.15) is 16.9 Å². The van der Waals surface area contributed by atoms with E-state index >= 15 is 0 Å². The summed E-state index contributed by atoms with van der Waals surface area (Å²) in [4.78, 5) is 11.2. The molecule has 0 aliphatic carbocycles. The van der Waals surface area contributed by atoms with Crippen molar-refractivity contribution in [3.63, 3.8) is 0 Å². The Kier molecular flexibility index (Phi) is 7.81. The van der Waals surface area contributed by atoms with Crippen LogP contribution >= 0.6 is 22.9 Å². The number of aromatic nitrogens is 1. The number of benzene rings is 1. The molecule has 1 heterocycles. The quantitative estimate of drug-likeness (QED) is 0.559. The number of hydrogen-bond acceptors (Lipinski definition) is 4. The second-order valence-corrected chi connectivity index (χ2v) is 7.13. The van der Waals surface area contributed by atoms with Crippen molar-refractivity contribution in [1.82, 2.24) is 15.2 Å². The van der Waals surface area contributed by atoms with E-state index in [-0.39, 0.29) is 11.1 Å². The summed E-state index contributed by atoms with van der Waals surface area (Å²) in [6.07, 6.45) is -0.0100. The summed E-state index contributed by atoms with van der Waals surface area (Å²) in [5.74, 6) is 0.329. The lowest BCUT2D eigenvalue weighted by molar-refractivity contribution is 0.119. The maximum atomic E-state index is 13.3. The summed E-state index contributed by atoms with van der Waals surface area (Å²) in [6.45, 7) is 5.78. The Labute approximate surface area is 162 Å². The first-order chi connectivity index (χ1) is 12.4. The standard InChI is InChI=1S/C18H24ClFN4OS/c1-5-21-18(22-9-13-6-7-16(20)15(19)8-13)24(3)10-14-11-26-17(23-14)12(2)25-4/h6-8,11-12H,5,9-10H2,1-4H3,(H,21,22). The third kappa shape index (κ3) is 5.65. The summed E-state index contributed by atoms with van der Waals surface area (Å²) in [5, 5.41) is 6.36. The van der Waals surface area contributed by atoms with Gasteiger partial charge in [0.2, 0.25) is 0 Å². The van der Waals surface area contributed by atoms with E-state index in [1.54, 1.807) is 30.6 Å². The zero-order chi connectivity index (χ0) is 19.1. The predicted octanol–water partition coefficient (Wildman–Crippen LogP) is 4.24. The second-order valence-electron chi connectivity index (χ2n) is 5.83. The van der Waals surface area contributed by atoms with E-state index in [1.807, 2.05) is 31.2 Å². The first-order valence-electron chi connectivity index (χ1n) is 8.35. The summed E-state index contributed by atoms with van der Waals surface area (Å²) in [6, 6.07) is 4.65. The lowest BCUT2D eigenvalue weighted by Crippen LogP contribution is -2.38. The highest BCUT2D eigenvalue weighted by molar-refractivity contribution is 7.09. The number of rotatable bonds is 7. The van der Waals surface area contributed by atoms with Crippen LogP contribution < -0.4 is 5.32 Å². The average molecular weight is 399 g/mol. The zero-order valence-corrected chi connectivity index (χ0v) is 17.0. The van der Waals surface area contributed by atoms with Crippen LogP contribution in [0.15, 0.2) is 28.6 Å². The van der Waals surface area contributed by atoms with Gasteiger partial charge in [-0.3, -0.25) is 0 Å². The van der Waals surface area contributed by atoms with Crippen molar-refractivity contribution >= 4 is 28.9 Å². The third-order valence-electron chi connectivity index (χ3n) is 3.76. The van der Waals surface area contributed by atoms with Gasteiger partial charge in [-0.15, -0.1) is 11.3 Å². The molecular formula is C18H24ClFN4OS. The highest BCUT2D eigenvalue weighted by atomic mass is 35.5. The largest absolute Gasteiger partial charge is 0.375 e. The normalized spacial score (nSPS) is 12.9. The fourth-order valence-corrected chi connectivity index (χ4v) is 3.32. The number of nitrogens with one attached hydrogen (secondary N) is 1. The number of nitrogens with zero attached hydrogens (tertiary/aromatic N) is 3. The Bertz CT molecular complexity index is 753. The van der Waals surface area contributed by atoms with E-state index in [0.717, 1.165) is 28.8 Å². The summed E-state index contributed by atoms with van der Waals surface area (Å²) in [5.41, 5.74) is 1.82. The molecule has 8 heteroatoms. The molecule has 0 bridgehead atoms. The van der Waals surface area contributed by atoms with E-state index in [4.69, 9.17) is 16.3 Å². The van der Waals surface area contributed by atoms with Crippen molar-refractivity contribution < 1.29 is 9.13 Å². The summed E-state index contributed by atoms with van der Waals surface area (Å²) in [7, 11) is 3.63. The van der Waals surface area contributed by atoms with Gasteiger partial charge < -0.3 is 15.0 Å². The number of thiazole rings is 1. The van der Waals surface area contributed by atoms with Gasteiger partial charge in [-0.05, 0) is 31.5 Å². The maximum Gasteiger partial charge on any atom is 0.194 e.